The van der Waals surface area contributed by atoms with Crippen molar-refractivity contribution in [2.75, 3.05) is 0 Å². The largest absolute Gasteiger partial charge is 0.491 e. The number of carbonyl (C=O) groups is 2. The Hall–Kier alpha value is -2.40. The molecule has 5 nitrogen and oxygen atoms in total. The standard InChI is InChI=1S/C29H42O5Si/c1-22(33-24-16-9-7-10-17-24)14-13-15-23-20-21-26(30)25(23)18-11-8-12-19-27(28(31)32)34-35(5,6)29(2,3)4/h7-10,16-17,19-20,22,25,27H,11,13-15,18,21H2,1-6H3,(H,31,32)/t12?,22?,25-,27?/m1/s1. The summed E-state index contributed by atoms with van der Waals surface area (Å²) in [5.74, 6) is 0.109. The third-order valence-electron chi connectivity index (χ3n) is 6.99. The molecule has 2 unspecified atom stereocenters. The van der Waals surface area contributed by atoms with Crippen molar-refractivity contribution in [1.82, 2.24) is 0 Å². The molecule has 0 heterocycles. The Labute approximate surface area is 212 Å². The summed E-state index contributed by atoms with van der Waals surface area (Å²) in [5.41, 5.74) is 4.22. The Morgan fingerprint density at radius 3 is 2.57 bits per heavy atom. The number of ketones is 1. The fraction of sp³-hybridized carbons (Fsp3) is 0.552. The van der Waals surface area contributed by atoms with E-state index in [0.29, 0.717) is 12.8 Å². The van der Waals surface area contributed by atoms with Gasteiger partial charge in [0, 0.05) is 12.3 Å². The molecule has 35 heavy (non-hydrogen) atoms. The molecular formula is C29H42O5Si. The van der Waals surface area contributed by atoms with Gasteiger partial charge in [-0.3, -0.25) is 4.79 Å². The number of benzene rings is 1. The van der Waals surface area contributed by atoms with E-state index in [-0.39, 0.29) is 22.8 Å². The minimum Gasteiger partial charge on any atom is -0.491 e. The van der Waals surface area contributed by atoms with E-state index in [1.54, 1.807) is 0 Å². The maximum absolute atomic E-state index is 12.4. The van der Waals surface area contributed by atoms with Gasteiger partial charge in [-0.15, -0.1) is 5.73 Å². The molecule has 0 radical (unpaired) electrons. The van der Waals surface area contributed by atoms with E-state index in [1.807, 2.05) is 49.5 Å². The number of carboxylic acids is 1. The first-order chi connectivity index (χ1) is 16.4. The molecule has 0 amide bonds. The predicted octanol–water partition coefficient (Wildman–Crippen LogP) is 7.11. The highest BCUT2D eigenvalue weighted by Crippen LogP contribution is 2.37. The highest BCUT2D eigenvalue weighted by atomic mass is 28.4. The van der Waals surface area contributed by atoms with Crippen LogP contribution in [0.5, 0.6) is 5.75 Å². The number of rotatable bonds is 13. The second-order valence-electron chi connectivity index (χ2n) is 10.9. The molecule has 0 aliphatic heterocycles. The van der Waals surface area contributed by atoms with Gasteiger partial charge in [-0.2, -0.15) is 0 Å². The van der Waals surface area contributed by atoms with Crippen molar-refractivity contribution in [3.63, 3.8) is 0 Å². The molecule has 0 fully saturated rings. The number of carboxylic acid groups (broad SMARTS) is 1. The Morgan fingerprint density at radius 1 is 1.26 bits per heavy atom. The molecule has 0 saturated carbocycles. The third kappa shape index (κ3) is 9.29. The molecule has 6 heteroatoms. The fourth-order valence-corrected chi connectivity index (χ4v) is 5.03. The summed E-state index contributed by atoms with van der Waals surface area (Å²) in [5, 5.41) is 9.48. The van der Waals surface area contributed by atoms with Crippen LogP contribution in [0.15, 0.2) is 59.9 Å². The number of aliphatic carboxylic acids is 1. The topological polar surface area (TPSA) is 72.8 Å². The van der Waals surface area contributed by atoms with Crippen LogP contribution in [0.1, 0.15) is 66.2 Å². The van der Waals surface area contributed by atoms with Crippen LogP contribution in [0.2, 0.25) is 18.1 Å². The van der Waals surface area contributed by atoms with Crippen LogP contribution in [0.3, 0.4) is 0 Å². The quantitative estimate of drug-likeness (QED) is 0.178. The van der Waals surface area contributed by atoms with E-state index in [9.17, 15) is 14.7 Å². The molecule has 1 aliphatic rings. The lowest BCUT2D eigenvalue weighted by Gasteiger charge is -2.37. The molecule has 1 aliphatic carbocycles. The number of carbonyl (C=O) groups excluding carboxylic acids is 1. The van der Waals surface area contributed by atoms with Crippen LogP contribution >= 0.6 is 0 Å². The molecule has 0 bridgehead atoms. The highest BCUT2D eigenvalue weighted by Gasteiger charge is 2.40. The monoisotopic (exact) mass is 498 g/mol. The van der Waals surface area contributed by atoms with Crippen molar-refractivity contribution in [2.45, 2.75) is 96.6 Å². The van der Waals surface area contributed by atoms with Crippen LogP contribution < -0.4 is 4.74 Å². The second kappa shape index (κ2) is 13.1. The first kappa shape index (κ1) is 28.8. The summed E-state index contributed by atoms with van der Waals surface area (Å²) < 4.78 is 12.0. The van der Waals surface area contributed by atoms with Gasteiger partial charge in [-0.25, -0.2) is 4.79 Å². The number of allylic oxidation sites excluding steroid dienone is 2. The summed E-state index contributed by atoms with van der Waals surface area (Å²) in [6, 6.07) is 9.83. The zero-order chi connectivity index (χ0) is 26.1. The lowest BCUT2D eigenvalue weighted by Crippen LogP contribution is -2.45. The SMILES string of the molecule is CC(CCCC1=CCC(=O)[C@@H]1CCC=C=CC(O[Si](C)(C)C(C)(C)C)C(=O)O)Oc1ccccc1. The molecule has 192 valence electrons. The molecular weight excluding hydrogens is 456 g/mol. The van der Waals surface area contributed by atoms with Crippen LogP contribution in [-0.4, -0.2) is 37.4 Å². The minimum absolute atomic E-state index is 0.0443. The number of ether oxygens (including phenoxy) is 1. The summed E-state index contributed by atoms with van der Waals surface area (Å²) in [6.07, 6.45) is 9.24. The van der Waals surface area contributed by atoms with Gasteiger partial charge in [-0.1, -0.05) is 50.6 Å². The van der Waals surface area contributed by atoms with Crippen molar-refractivity contribution in [3.05, 3.63) is 59.9 Å². The molecule has 3 atom stereocenters. The van der Waals surface area contributed by atoms with E-state index < -0.39 is 20.4 Å². The minimum atomic E-state index is -2.21. The molecule has 1 aromatic carbocycles. The Balaban J connectivity index is 1.83. The second-order valence-corrected chi connectivity index (χ2v) is 15.6. The number of hydrogen-bond acceptors (Lipinski definition) is 4. The van der Waals surface area contributed by atoms with Crippen LogP contribution in [-0.2, 0) is 14.0 Å². The van der Waals surface area contributed by atoms with E-state index in [2.05, 4.69) is 39.5 Å². The van der Waals surface area contributed by atoms with Gasteiger partial charge >= 0.3 is 5.97 Å². The summed E-state index contributed by atoms with van der Waals surface area (Å²) >= 11 is 0. The molecule has 0 saturated heterocycles. The Kier molecular flexibility index (Phi) is 10.8. The predicted molar refractivity (Wildman–Crippen MR) is 143 cm³/mol. The number of para-hydroxylation sites is 1. The normalized spacial score (nSPS) is 17.8. The molecule has 2 rings (SSSR count). The smallest absolute Gasteiger partial charge is 0.336 e. The summed E-state index contributed by atoms with van der Waals surface area (Å²) in [7, 11) is -2.21. The van der Waals surface area contributed by atoms with Gasteiger partial charge < -0.3 is 14.3 Å². The summed E-state index contributed by atoms with van der Waals surface area (Å²) in [6.45, 7) is 12.4. The van der Waals surface area contributed by atoms with Crippen molar-refractivity contribution >= 4 is 20.1 Å². The Morgan fingerprint density at radius 2 is 1.94 bits per heavy atom. The van der Waals surface area contributed by atoms with E-state index >= 15 is 0 Å². The van der Waals surface area contributed by atoms with Gasteiger partial charge in [0.15, 0.2) is 14.4 Å². The zero-order valence-corrected chi connectivity index (χ0v) is 23.2. The first-order valence-corrected chi connectivity index (χ1v) is 15.6. The average molecular weight is 499 g/mol. The number of hydrogen-bond donors (Lipinski definition) is 1. The van der Waals surface area contributed by atoms with Crippen LogP contribution in [0.25, 0.3) is 0 Å². The fourth-order valence-electron chi connectivity index (χ4n) is 3.87. The van der Waals surface area contributed by atoms with Crippen molar-refractivity contribution < 1.29 is 23.9 Å². The van der Waals surface area contributed by atoms with Crippen molar-refractivity contribution in [3.8, 4) is 5.75 Å². The van der Waals surface area contributed by atoms with E-state index in [4.69, 9.17) is 9.16 Å². The maximum Gasteiger partial charge on any atom is 0.336 e. The van der Waals surface area contributed by atoms with Crippen LogP contribution in [0, 0.1) is 5.92 Å². The van der Waals surface area contributed by atoms with Gasteiger partial charge in [-0.05, 0) is 81.4 Å². The first-order valence-electron chi connectivity index (χ1n) is 12.7. The lowest BCUT2D eigenvalue weighted by atomic mass is 9.91. The van der Waals surface area contributed by atoms with Gasteiger partial charge in [0.1, 0.15) is 11.5 Å². The average Bonchev–Trinajstić information content (AvgIpc) is 3.11. The Bertz CT molecular complexity index is 936. The molecule has 1 aromatic rings. The molecule has 0 spiro atoms. The maximum atomic E-state index is 12.4. The lowest BCUT2D eigenvalue weighted by molar-refractivity contribution is -0.143. The van der Waals surface area contributed by atoms with Gasteiger partial charge in [0.25, 0.3) is 0 Å². The van der Waals surface area contributed by atoms with Gasteiger partial charge in [0.05, 0.1) is 6.10 Å². The summed E-state index contributed by atoms with van der Waals surface area (Å²) in [4.78, 5) is 24.1. The highest BCUT2D eigenvalue weighted by molar-refractivity contribution is 6.74. The third-order valence-corrected chi connectivity index (χ3v) is 11.5. The van der Waals surface area contributed by atoms with E-state index in [1.165, 1.54) is 11.6 Å². The van der Waals surface area contributed by atoms with Crippen LogP contribution in [0.4, 0.5) is 0 Å². The van der Waals surface area contributed by atoms with E-state index in [0.717, 1.165) is 31.4 Å². The number of Topliss-reactive ketones (excluding diaryl/α,β-unsaturated/α-hetero) is 1. The zero-order valence-electron chi connectivity index (χ0n) is 22.2. The van der Waals surface area contributed by atoms with Crippen molar-refractivity contribution in [1.29, 1.82) is 0 Å². The van der Waals surface area contributed by atoms with Gasteiger partial charge in [0.2, 0.25) is 0 Å². The van der Waals surface area contributed by atoms with Crippen molar-refractivity contribution in [2.24, 2.45) is 5.92 Å². The molecule has 0 aromatic heterocycles. The molecule has 1 N–H and O–H groups in total.